The lowest BCUT2D eigenvalue weighted by Gasteiger charge is -2.35. The number of urea groups is 1. The van der Waals surface area contributed by atoms with Crippen LogP contribution < -0.4 is 26.6 Å². The number of amides is 4. The molecule has 1 heterocycles. The van der Waals surface area contributed by atoms with Gasteiger partial charge in [0, 0.05) is 95.7 Å². The third kappa shape index (κ3) is 27.7. The van der Waals surface area contributed by atoms with Gasteiger partial charge in [-0.25, -0.2) is 14.4 Å². The minimum Gasteiger partial charge on any atom is -0.481 e. The van der Waals surface area contributed by atoms with E-state index in [9.17, 15) is 53.7 Å². The molecule has 21 nitrogen and oxygen atoms in total. The molecular formula is C55H85N9O12S. The second-order valence-electron chi connectivity index (χ2n) is 20.2. The van der Waals surface area contributed by atoms with Crippen molar-refractivity contribution in [3.8, 4) is 0 Å². The highest BCUT2D eigenvalue weighted by Crippen LogP contribution is 2.19. The zero-order valence-electron chi connectivity index (χ0n) is 45.5. The zero-order valence-corrected chi connectivity index (χ0v) is 46.3. The SMILES string of the molecule is CCN1CCN(C)CCN(C)C[C@H](Cc2ccc(NC(=S)CCCCCCC(=O)N[C@@H](CCC(=O)O)C(=O)C[C@@H](Cc3ccccc3)C(=O)NCCCC[C@H](NC(=O)N[C@@H](CCC(=O)O)C(=O)O)C(=O)O)cc2)N(C)CC1. The van der Waals surface area contributed by atoms with Crippen molar-refractivity contribution < 1.29 is 58.8 Å². The monoisotopic (exact) mass is 1100 g/mol. The molecule has 428 valence electrons. The molecule has 0 unspecified atom stereocenters. The summed E-state index contributed by atoms with van der Waals surface area (Å²) in [5.41, 5.74) is 2.98. The standard InChI is InChI=1S/C55H85N9O12S/c1-5-64-33-31-61(2)29-30-62(3)38-43(63(4)32-34-64)36-40-20-22-42(23-21-40)57-49(77)19-12-7-6-11-18-48(66)58-44(24-26-50(67)68)47(65)37-41(35-39-15-9-8-10-16-39)52(71)56-28-14-13-17-45(53(72)73)59-55(76)60-46(54(74)75)25-27-51(69)70/h8-10,15-16,20-23,41,43-46H,5-7,11-14,17-19,24-38H2,1-4H3,(H,56,71)(H,57,77)(H,58,66)(H,67,68)(H,69,70)(H,72,73)(H,74,75)(H2,59,60,76)/t41-,43+,44+,45+,46+/m1/s1. The first kappa shape index (κ1) is 65.2. The summed E-state index contributed by atoms with van der Waals surface area (Å²) in [4.78, 5) is 109. The smallest absolute Gasteiger partial charge is 0.326 e. The molecule has 1 fully saturated rings. The molecule has 5 atom stereocenters. The highest BCUT2D eigenvalue weighted by atomic mass is 32.1. The molecule has 2 aromatic rings. The fourth-order valence-electron chi connectivity index (χ4n) is 8.99. The lowest BCUT2D eigenvalue weighted by atomic mass is 9.90. The van der Waals surface area contributed by atoms with E-state index in [1.54, 1.807) is 30.3 Å². The molecular weight excluding hydrogens is 1010 g/mol. The summed E-state index contributed by atoms with van der Waals surface area (Å²) < 4.78 is 0. The number of nitrogens with one attached hydrogen (secondary N) is 5. The zero-order chi connectivity index (χ0) is 56.7. The largest absolute Gasteiger partial charge is 0.481 e. The first-order chi connectivity index (χ1) is 36.7. The van der Waals surface area contributed by atoms with E-state index in [0.717, 1.165) is 94.3 Å². The Hall–Kier alpha value is -6.07. The van der Waals surface area contributed by atoms with Crippen molar-refractivity contribution in [2.75, 3.05) is 85.4 Å². The molecule has 77 heavy (non-hydrogen) atoms. The van der Waals surface area contributed by atoms with Crippen LogP contribution in [0.4, 0.5) is 10.5 Å². The summed E-state index contributed by atoms with van der Waals surface area (Å²) >= 11 is 5.68. The fourth-order valence-corrected chi connectivity index (χ4v) is 9.25. The Kier molecular flexibility index (Phi) is 30.6. The number of carboxylic acid groups (broad SMARTS) is 4. The molecule has 0 radical (unpaired) electrons. The van der Waals surface area contributed by atoms with E-state index in [-0.39, 0.29) is 57.9 Å². The van der Waals surface area contributed by atoms with E-state index in [1.807, 2.05) is 0 Å². The van der Waals surface area contributed by atoms with Crippen molar-refractivity contribution in [2.45, 2.75) is 134 Å². The number of thiocarbonyl (C=S) groups is 1. The molecule has 1 saturated heterocycles. The number of aliphatic carboxylic acids is 4. The number of hydrogen-bond acceptors (Lipinski definition) is 13. The average Bonchev–Trinajstić information content (AvgIpc) is 3.38. The quantitative estimate of drug-likeness (QED) is 0.0355. The van der Waals surface area contributed by atoms with E-state index in [2.05, 4.69) is 98.5 Å². The molecule has 0 bridgehead atoms. The summed E-state index contributed by atoms with van der Waals surface area (Å²) in [7, 11) is 6.66. The van der Waals surface area contributed by atoms with E-state index in [1.165, 1.54) is 5.56 Å². The molecule has 2 aromatic carbocycles. The molecule has 9 N–H and O–H groups in total. The van der Waals surface area contributed by atoms with Gasteiger partial charge in [0.05, 0.1) is 11.0 Å². The van der Waals surface area contributed by atoms with Crippen LogP contribution in [0.2, 0.25) is 0 Å². The number of likely N-dealkylation sites (N-methyl/N-ethyl adjacent to an activating group) is 4. The van der Waals surface area contributed by atoms with E-state index < -0.39 is 84.4 Å². The number of rotatable bonds is 33. The molecule has 0 spiro atoms. The van der Waals surface area contributed by atoms with E-state index >= 15 is 0 Å². The topological polar surface area (TPSA) is 291 Å². The van der Waals surface area contributed by atoms with Crippen LogP contribution in [0, 0.1) is 5.92 Å². The number of carboxylic acids is 4. The molecule has 4 amide bonds. The highest BCUT2D eigenvalue weighted by molar-refractivity contribution is 7.80. The Morgan fingerprint density at radius 2 is 1.21 bits per heavy atom. The number of ketones is 1. The molecule has 3 rings (SSSR count). The van der Waals surface area contributed by atoms with Gasteiger partial charge in [-0.05, 0) is 115 Å². The molecule has 1 aliphatic heterocycles. The van der Waals surface area contributed by atoms with Crippen molar-refractivity contribution in [1.29, 1.82) is 0 Å². The van der Waals surface area contributed by atoms with Crippen LogP contribution in [0.1, 0.15) is 108 Å². The molecule has 0 aromatic heterocycles. The maximum Gasteiger partial charge on any atom is 0.326 e. The first-order valence-electron chi connectivity index (χ1n) is 27.0. The van der Waals surface area contributed by atoms with Gasteiger partial charge in [-0.3, -0.25) is 24.0 Å². The van der Waals surface area contributed by atoms with Crippen LogP contribution in [0.3, 0.4) is 0 Å². The van der Waals surface area contributed by atoms with Crippen molar-refractivity contribution in [1.82, 2.24) is 40.9 Å². The number of unbranched alkanes of at least 4 members (excludes halogenated alkanes) is 4. The Morgan fingerprint density at radius 3 is 1.83 bits per heavy atom. The third-order valence-electron chi connectivity index (χ3n) is 13.9. The van der Waals surface area contributed by atoms with Crippen molar-refractivity contribution in [3.63, 3.8) is 0 Å². The number of anilines is 1. The lowest BCUT2D eigenvalue weighted by molar-refractivity contribution is -0.141. The normalized spacial score (nSPS) is 16.8. The number of hydrogen-bond donors (Lipinski definition) is 9. The Labute approximate surface area is 459 Å². The van der Waals surface area contributed by atoms with Crippen molar-refractivity contribution in [3.05, 3.63) is 65.7 Å². The fraction of sp³-hybridized carbons (Fsp3) is 0.618. The van der Waals surface area contributed by atoms with Gasteiger partial charge in [-0.2, -0.15) is 0 Å². The second-order valence-corrected chi connectivity index (χ2v) is 20.7. The summed E-state index contributed by atoms with van der Waals surface area (Å²) in [6, 6.07) is 12.7. The molecule has 0 aliphatic carbocycles. The highest BCUT2D eigenvalue weighted by Gasteiger charge is 2.29. The summed E-state index contributed by atoms with van der Waals surface area (Å²) in [5, 5.41) is 50.4. The van der Waals surface area contributed by atoms with Gasteiger partial charge in [0.25, 0.3) is 0 Å². The maximum absolute atomic E-state index is 13.8. The van der Waals surface area contributed by atoms with Gasteiger partial charge in [-0.1, -0.05) is 74.4 Å². The van der Waals surface area contributed by atoms with Gasteiger partial charge >= 0.3 is 29.9 Å². The number of carbonyl (C=O) groups excluding carboxylic acids is 4. The third-order valence-corrected chi connectivity index (χ3v) is 14.2. The van der Waals surface area contributed by atoms with Crippen LogP contribution in [-0.2, 0) is 46.4 Å². The van der Waals surface area contributed by atoms with Crippen LogP contribution in [-0.4, -0.2) is 197 Å². The van der Waals surface area contributed by atoms with Crippen LogP contribution in [0.25, 0.3) is 0 Å². The molecule has 1 aliphatic rings. The van der Waals surface area contributed by atoms with E-state index in [0.29, 0.717) is 18.9 Å². The Morgan fingerprint density at radius 1 is 0.623 bits per heavy atom. The van der Waals surface area contributed by atoms with Crippen molar-refractivity contribution >= 4 is 70.4 Å². The van der Waals surface area contributed by atoms with Gasteiger partial charge < -0.3 is 66.6 Å². The van der Waals surface area contributed by atoms with E-state index in [4.69, 9.17) is 17.3 Å². The summed E-state index contributed by atoms with van der Waals surface area (Å²) in [6.07, 6.45) is 3.46. The molecule has 22 heteroatoms. The second kappa shape index (κ2) is 36.1. The number of carbonyl (C=O) groups is 8. The van der Waals surface area contributed by atoms with Gasteiger partial charge in [0.2, 0.25) is 11.8 Å². The predicted molar refractivity (Wildman–Crippen MR) is 298 cm³/mol. The maximum atomic E-state index is 13.8. The van der Waals surface area contributed by atoms with Crippen LogP contribution in [0.5, 0.6) is 0 Å². The first-order valence-corrected chi connectivity index (χ1v) is 27.4. The van der Waals surface area contributed by atoms with Gasteiger partial charge in [-0.15, -0.1) is 0 Å². The summed E-state index contributed by atoms with van der Waals surface area (Å²) in [6.45, 7) is 10.6. The van der Waals surface area contributed by atoms with Crippen LogP contribution >= 0.6 is 12.2 Å². The minimum absolute atomic E-state index is 0.0803. The average molecular weight is 1100 g/mol. The van der Waals surface area contributed by atoms with Gasteiger partial charge in [0.1, 0.15) is 12.1 Å². The van der Waals surface area contributed by atoms with Gasteiger partial charge in [0.15, 0.2) is 5.78 Å². The Bertz CT molecular complexity index is 2190. The molecule has 0 saturated carbocycles. The van der Waals surface area contributed by atoms with Crippen LogP contribution in [0.15, 0.2) is 54.6 Å². The summed E-state index contributed by atoms with van der Waals surface area (Å²) in [5.74, 6) is -7.53. The lowest BCUT2D eigenvalue weighted by Crippen LogP contribution is -2.51. The predicted octanol–water partition coefficient (Wildman–Crippen LogP) is 4.33. The Balaban J connectivity index is 1.46. The number of benzene rings is 2. The number of nitrogens with zero attached hydrogens (tertiary/aromatic N) is 4. The minimum atomic E-state index is -1.55. The van der Waals surface area contributed by atoms with Crippen molar-refractivity contribution in [2.24, 2.45) is 5.92 Å². The number of Topliss-reactive ketones (excluding diaryl/α,β-unsaturated/α-hetero) is 1.